The molecule has 1 aromatic heterocycles. The van der Waals surface area contributed by atoms with Gasteiger partial charge < -0.3 is 26.2 Å². The van der Waals surface area contributed by atoms with Crippen molar-refractivity contribution in [3.05, 3.63) is 23.2 Å². The highest BCUT2D eigenvalue weighted by Crippen LogP contribution is 2.42. The zero-order valence-corrected chi connectivity index (χ0v) is 18.3. The molecule has 2 fully saturated rings. The molecular weight excluding hydrogens is 418 g/mol. The van der Waals surface area contributed by atoms with Gasteiger partial charge in [0.15, 0.2) is 6.19 Å². The van der Waals surface area contributed by atoms with E-state index < -0.39 is 24.3 Å². The van der Waals surface area contributed by atoms with Crippen LogP contribution in [0.3, 0.4) is 0 Å². The molecule has 3 aliphatic rings. The molecule has 1 aromatic rings. The van der Waals surface area contributed by atoms with Gasteiger partial charge in [-0.1, -0.05) is 6.92 Å². The number of ether oxygens (including phenoxy) is 1. The van der Waals surface area contributed by atoms with E-state index in [0.717, 1.165) is 25.3 Å². The highest BCUT2D eigenvalue weighted by atomic mass is 19.1. The van der Waals surface area contributed by atoms with Crippen molar-refractivity contribution in [3.63, 3.8) is 0 Å². The minimum absolute atomic E-state index is 0.0416. The molecule has 176 valence electrons. The molecule has 32 heavy (non-hydrogen) atoms. The molecule has 1 aliphatic heterocycles. The third-order valence-corrected chi connectivity index (χ3v) is 7.15. The topological polar surface area (TPSA) is 126 Å². The molecule has 1 saturated heterocycles. The lowest BCUT2D eigenvalue weighted by molar-refractivity contribution is -0.0853. The average Bonchev–Trinajstić information content (AvgIpc) is 3.35. The van der Waals surface area contributed by atoms with Crippen LogP contribution in [0, 0.1) is 17.4 Å². The van der Waals surface area contributed by atoms with Crippen LogP contribution in [0.5, 0.6) is 0 Å². The second-order valence-electron chi connectivity index (χ2n) is 9.36. The largest absolute Gasteiger partial charge is 0.384 e. The van der Waals surface area contributed by atoms with Crippen molar-refractivity contribution in [3.8, 4) is 6.19 Å². The number of nitrogens with zero attached hydrogens (tertiary/aromatic N) is 4. The van der Waals surface area contributed by atoms with E-state index in [9.17, 15) is 13.9 Å². The number of hydrogen-bond acceptors (Lipinski definition) is 7. The molecule has 7 unspecified atom stereocenters. The maximum absolute atomic E-state index is 14.2. The van der Waals surface area contributed by atoms with Crippen LogP contribution in [0.2, 0.25) is 0 Å². The van der Waals surface area contributed by atoms with E-state index in [4.69, 9.17) is 26.6 Å². The molecule has 0 aromatic carbocycles. The first kappa shape index (κ1) is 23.0. The fourth-order valence-corrected chi connectivity index (χ4v) is 5.38. The Hall–Kier alpha value is -2.22. The third kappa shape index (κ3) is 4.47. The Bertz CT molecular complexity index is 898. The lowest BCUT2D eigenvalue weighted by Crippen LogP contribution is -2.37. The normalized spacial score (nSPS) is 34.2. The first-order valence-corrected chi connectivity index (χ1v) is 11.4. The summed E-state index contributed by atoms with van der Waals surface area (Å²) in [6.07, 6.45) is 3.29. The van der Waals surface area contributed by atoms with E-state index in [1.54, 1.807) is 9.58 Å². The lowest BCUT2D eigenvalue weighted by atomic mass is 9.77. The number of nitrogen functional groups attached to an aromatic ring is 1. The zero-order valence-electron chi connectivity index (χ0n) is 18.3. The number of nitriles is 1. The van der Waals surface area contributed by atoms with Gasteiger partial charge in [0, 0.05) is 18.9 Å². The maximum atomic E-state index is 14.2. The van der Waals surface area contributed by atoms with Crippen LogP contribution in [0.25, 0.3) is 0 Å². The van der Waals surface area contributed by atoms with Crippen molar-refractivity contribution in [2.45, 2.75) is 82.0 Å². The Balaban J connectivity index is 1.48. The molecule has 0 bridgehead atoms. The van der Waals surface area contributed by atoms with Gasteiger partial charge >= 0.3 is 0 Å². The average molecular weight is 451 g/mol. The van der Waals surface area contributed by atoms with Crippen LogP contribution in [0.15, 0.2) is 11.9 Å². The Kier molecular flexibility index (Phi) is 6.70. The van der Waals surface area contributed by atoms with E-state index in [2.05, 4.69) is 13.1 Å². The van der Waals surface area contributed by atoms with Gasteiger partial charge in [-0.15, -0.1) is 0 Å². The molecule has 2 aliphatic carbocycles. The van der Waals surface area contributed by atoms with Crippen molar-refractivity contribution in [1.29, 1.82) is 5.26 Å². The molecule has 0 amide bonds. The van der Waals surface area contributed by atoms with Crippen LogP contribution in [-0.2, 0) is 4.74 Å². The molecule has 5 N–H and O–H groups in total. The molecule has 4 rings (SSSR count). The fraction of sp³-hybridized carbons (Fsp3) is 0.727. The smallest absolute Gasteiger partial charge is 0.179 e. The van der Waals surface area contributed by atoms with Crippen molar-refractivity contribution < 1.29 is 18.6 Å². The lowest BCUT2D eigenvalue weighted by Gasteiger charge is -2.37. The predicted molar refractivity (Wildman–Crippen MR) is 114 cm³/mol. The number of alkyl halides is 1. The van der Waals surface area contributed by atoms with Gasteiger partial charge in [-0.3, -0.25) is 0 Å². The van der Waals surface area contributed by atoms with Gasteiger partial charge in [-0.25, -0.2) is 13.5 Å². The summed E-state index contributed by atoms with van der Waals surface area (Å²) >= 11 is 0. The van der Waals surface area contributed by atoms with Gasteiger partial charge in [-0.2, -0.15) is 10.4 Å². The van der Waals surface area contributed by atoms with Gasteiger partial charge in [0.05, 0.1) is 41.9 Å². The number of hydrogen-bond donors (Lipinski definition) is 3. The molecule has 0 radical (unpaired) electrons. The van der Waals surface area contributed by atoms with Gasteiger partial charge in [0.1, 0.15) is 18.2 Å². The minimum Gasteiger partial charge on any atom is -0.384 e. The molecule has 2 heterocycles. The summed E-state index contributed by atoms with van der Waals surface area (Å²) < 4.78 is 35.2. The first-order chi connectivity index (χ1) is 15.3. The van der Waals surface area contributed by atoms with Crippen LogP contribution < -0.4 is 11.5 Å². The number of rotatable bonds is 5. The summed E-state index contributed by atoms with van der Waals surface area (Å²) in [5, 5.41) is 24.2. The minimum atomic E-state index is -1.41. The van der Waals surface area contributed by atoms with Crippen LogP contribution in [0.4, 0.5) is 14.6 Å². The molecule has 7 atom stereocenters. The van der Waals surface area contributed by atoms with Gasteiger partial charge in [0.2, 0.25) is 0 Å². The SMILES string of the molecule is CC1CC(c2nn(C3CCN(C#N)C3)c(N)c2C(N)O)CCC1OC1CCC(F)=CC1F. The van der Waals surface area contributed by atoms with Crippen LogP contribution in [0.1, 0.15) is 74.9 Å². The Morgan fingerprint density at radius 1 is 1.31 bits per heavy atom. The number of halogens is 2. The summed E-state index contributed by atoms with van der Waals surface area (Å²) in [5.74, 6) is 0.115. The third-order valence-electron chi connectivity index (χ3n) is 7.15. The summed E-state index contributed by atoms with van der Waals surface area (Å²) in [4.78, 5) is 1.67. The number of anilines is 1. The molecule has 1 saturated carbocycles. The van der Waals surface area contributed by atoms with E-state index in [1.165, 1.54) is 0 Å². The Labute approximate surface area is 186 Å². The number of allylic oxidation sites excluding steroid dienone is 1. The summed E-state index contributed by atoms with van der Waals surface area (Å²) in [6.45, 7) is 3.23. The highest BCUT2D eigenvalue weighted by Gasteiger charge is 2.38. The number of aliphatic hydroxyl groups excluding tert-OH is 1. The predicted octanol–water partition coefficient (Wildman–Crippen LogP) is 2.79. The number of likely N-dealkylation sites (tertiary alicyclic amines) is 1. The van der Waals surface area contributed by atoms with Crippen molar-refractivity contribution in [2.24, 2.45) is 11.7 Å². The Morgan fingerprint density at radius 2 is 2.09 bits per heavy atom. The van der Waals surface area contributed by atoms with E-state index >= 15 is 0 Å². The number of aromatic nitrogens is 2. The van der Waals surface area contributed by atoms with E-state index in [1.807, 2.05) is 0 Å². The second kappa shape index (κ2) is 9.33. The number of nitrogens with two attached hydrogens (primary N) is 2. The Morgan fingerprint density at radius 3 is 2.72 bits per heavy atom. The summed E-state index contributed by atoms with van der Waals surface area (Å²) in [6, 6.07) is -0.0424. The summed E-state index contributed by atoms with van der Waals surface area (Å²) in [7, 11) is 0. The van der Waals surface area contributed by atoms with E-state index in [-0.39, 0.29) is 30.4 Å². The van der Waals surface area contributed by atoms with Crippen LogP contribution in [-0.4, -0.2) is 51.3 Å². The van der Waals surface area contributed by atoms with E-state index in [0.29, 0.717) is 43.0 Å². The van der Waals surface area contributed by atoms with Gasteiger partial charge in [-0.05, 0) is 44.1 Å². The zero-order chi connectivity index (χ0) is 23.0. The fourth-order valence-electron chi connectivity index (χ4n) is 5.38. The maximum Gasteiger partial charge on any atom is 0.179 e. The second-order valence-corrected chi connectivity index (χ2v) is 9.36. The monoisotopic (exact) mass is 450 g/mol. The molecule has 0 spiro atoms. The van der Waals surface area contributed by atoms with Crippen LogP contribution >= 0.6 is 0 Å². The molecule has 8 nitrogen and oxygen atoms in total. The first-order valence-electron chi connectivity index (χ1n) is 11.4. The van der Waals surface area contributed by atoms with Crippen molar-refractivity contribution in [1.82, 2.24) is 14.7 Å². The quantitative estimate of drug-likeness (QED) is 0.465. The highest BCUT2D eigenvalue weighted by molar-refractivity contribution is 5.47. The standard InChI is InChI=1S/C22H32F2N6O2/c1-12-8-13(2-4-17(12)32-18-5-3-14(23)9-16(18)24)20-19(22(27)31)21(26)30(28-20)15-6-7-29(10-15)11-25/h9,12-13,15-18,22,31H,2-8,10,26-27H2,1H3. The summed E-state index contributed by atoms with van der Waals surface area (Å²) in [5.41, 5.74) is 13.4. The van der Waals surface area contributed by atoms with Gasteiger partial charge in [0.25, 0.3) is 0 Å². The molecular formula is C22H32F2N6O2. The van der Waals surface area contributed by atoms with Crippen molar-refractivity contribution in [2.75, 3.05) is 18.8 Å². The van der Waals surface area contributed by atoms with Crippen molar-refractivity contribution >= 4 is 5.82 Å². The molecule has 10 heteroatoms. The number of aliphatic hydroxyl groups is 1.